The summed E-state index contributed by atoms with van der Waals surface area (Å²) < 4.78 is 16.8. The van der Waals surface area contributed by atoms with Gasteiger partial charge in [0.2, 0.25) is 11.8 Å². The van der Waals surface area contributed by atoms with Crippen LogP contribution in [0.2, 0.25) is 0 Å². The molecule has 0 bridgehead atoms. The van der Waals surface area contributed by atoms with E-state index >= 15 is 0 Å². The lowest BCUT2D eigenvalue weighted by Gasteiger charge is -2.50. The van der Waals surface area contributed by atoms with Gasteiger partial charge in [0.25, 0.3) is 0 Å². The maximum atomic E-state index is 5.88. The van der Waals surface area contributed by atoms with E-state index < -0.39 is 0 Å². The first-order valence-electron chi connectivity index (χ1n) is 8.48. The summed E-state index contributed by atoms with van der Waals surface area (Å²) in [5.41, 5.74) is 0.521. The quantitative estimate of drug-likeness (QED) is 0.847. The minimum Gasteiger partial charge on any atom is -0.423 e. The molecule has 3 heterocycles. The fraction of sp³-hybridized carbons (Fsp3) is 0.875. The Morgan fingerprint density at radius 3 is 2.77 bits per heavy atom. The summed E-state index contributed by atoms with van der Waals surface area (Å²) in [6.07, 6.45) is 6.88. The van der Waals surface area contributed by atoms with Gasteiger partial charge in [0.15, 0.2) is 0 Å². The molecule has 1 aliphatic carbocycles. The second-order valence-electron chi connectivity index (χ2n) is 6.98. The zero-order chi connectivity index (χ0) is 15.0. The van der Waals surface area contributed by atoms with E-state index in [0.717, 1.165) is 32.3 Å². The lowest BCUT2D eigenvalue weighted by atomic mass is 9.74. The average Bonchev–Trinajstić information content (AvgIpc) is 3.06. The predicted molar refractivity (Wildman–Crippen MR) is 79.3 cm³/mol. The van der Waals surface area contributed by atoms with Gasteiger partial charge in [-0.1, -0.05) is 6.42 Å². The number of aromatic nitrogens is 2. The molecule has 1 saturated carbocycles. The molecule has 3 aliphatic rings. The van der Waals surface area contributed by atoms with Crippen LogP contribution in [0.15, 0.2) is 4.42 Å². The normalized spacial score (nSPS) is 29.0. The molecular formula is C16H25N3O3. The molecule has 1 unspecified atom stereocenters. The molecule has 6 heteroatoms. The van der Waals surface area contributed by atoms with Gasteiger partial charge >= 0.3 is 0 Å². The highest BCUT2D eigenvalue weighted by Crippen LogP contribution is 2.49. The van der Waals surface area contributed by atoms with Gasteiger partial charge in [-0.3, -0.25) is 4.90 Å². The smallest absolute Gasteiger partial charge is 0.242 e. The monoisotopic (exact) mass is 307 g/mol. The Morgan fingerprint density at radius 1 is 1.23 bits per heavy atom. The van der Waals surface area contributed by atoms with E-state index in [-0.39, 0.29) is 0 Å². The second kappa shape index (κ2) is 5.91. The van der Waals surface area contributed by atoms with Crippen LogP contribution in [-0.2, 0) is 16.1 Å². The summed E-state index contributed by atoms with van der Waals surface area (Å²) in [5.74, 6) is 1.18. The number of aryl methyl sites for hydroxylation is 1. The van der Waals surface area contributed by atoms with E-state index in [9.17, 15) is 0 Å². The summed E-state index contributed by atoms with van der Waals surface area (Å²) in [5, 5.41) is 7.80. The maximum absolute atomic E-state index is 5.88. The molecule has 0 N–H and O–H groups in total. The molecule has 1 aromatic heterocycles. The molecule has 1 aromatic rings. The molecule has 2 saturated heterocycles. The zero-order valence-electron chi connectivity index (χ0n) is 13.3. The largest absolute Gasteiger partial charge is 0.423 e. The van der Waals surface area contributed by atoms with E-state index in [4.69, 9.17) is 13.9 Å². The molecular weight excluding hydrogens is 282 g/mol. The van der Waals surface area contributed by atoms with Crippen molar-refractivity contribution in [3.8, 4) is 0 Å². The van der Waals surface area contributed by atoms with Crippen molar-refractivity contribution in [2.75, 3.05) is 26.3 Å². The number of hydrogen-bond donors (Lipinski definition) is 0. The predicted octanol–water partition coefficient (Wildman–Crippen LogP) is 1.93. The van der Waals surface area contributed by atoms with E-state index in [0.29, 0.717) is 29.9 Å². The Morgan fingerprint density at radius 2 is 2.05 bits per heavy atom. The van der Waals surface area contributed by atoms with Crippen LogP contribution in [0.1, 0.15) is 43.9 Å². The summed E-state index contributed by atoms with van der Waals surface area (Å²) in [6, 6.07) is 0.738. The van der Waals surface area contributed by atoms with Gasteiger partial charge in [0.05, 0.1) is 6.10 Å². The summed E-state index contributed by atoms with van der Waals surface area (Å²) in [4.78, 5) is 2.63. The van der Waals surface area contributed by atoms with Gasteiger partial charge in [-0.15, -0.1) is 10.2 Å². The Kier molecular flexibility index (Phi) is 3.92. The number of ether oxygens (including phenoxy) is 2. The summed E-state index contributed by atoms with van der Waals surface area (Å²) in [6.45, 7) is 6.21. The average molecular weight is 307 g/mol. The standard InChI is InChI=1S/C16H25N3O3/c1-12-17-18-15(22-12)11-21-13-9-19(10-13)14-3-2-4-16(14)5-7-20-8-6-16/h13-14H,2-11H2,1H3. The highest BCUT2D eigenvalue weighted by atomic mass is 16.5. The van der Waals surface area contributed by atoms with Gasteiger partial charge in [-0.2, -0.15) is 0 Å². The summed E-state index contributed by atoms with van der Waals surface area (Å²) in [7, 11) is 0. The van der Waals surface area contributed by atoms with Crippen molar-refractivity contribution in [1.29, 1.82) is 0 Å². The molecule has 0 radical (unpaired) electrons. The highest BCUT2D eigenvalue weighted by molar-refractivity contribution is 5.02. The van der Waals surface area contributed by atoms with Gasteiger partial charge in [-0.25, -0.2) is 0 Å². The van der Waals surface area contributed by atoms with Crippen molar-refractivity contribution in [2.24, 2.45) is 5.41 Å². The van der Waals surface area contributed by atoms with Crippen LogP contribution in [0.4, 0.5) is 0 Å². The SMILES string of the molecule is Cc1nnc(COC2CN(C3CCCC34CCOCC4)C2)o1. The molecule has 0 aromatic carbocycles. The zero-order valence-corrected chi connectivity index (χ0v) is 13.3. The third kappa shape index (κ3) is 2.68. The van der Waals surface area contributed by atoms with Crippen LogP contribution < -0.4 is 0 Å². The number of hydrogen-bond acceptors (Lipinski definition) is 6. The number of rotatable bonds is 4. The molecule has 6 nitrogen and oxygen atoms in total. The van der Waals surface area contributed by atoms with Gasteiger partial charge in [0.1, 0.15) is 6.61 Å². The van der Waals surface area contributed by atoms with E-state index in [1.165, 1.54) is 32.1 Å². The van der Waals surface area contributed by atoms with Crippen LogP contribution in [0, 0.1) is 12.3 Å². The Balaban J connectivity index is 1.27. The van der Waals surface area contributed by atoms with E-state index in [2.05, 4.69) is 15.1 Å². The van der Waals surface area contributed by atoms with Crippen LogP contribution in [0.25, 0.3) is 0 Å². The fourth-order valence-electron chi connectivity index (χ4n) is 4.47. The first kappa shape index (κ1) is 14.6. The van der Waals surface area contributed by atoms with Crippen molar-refractivity contribution in [3.63, 3.8) is 0 Å². The molecule has 0 amide bonds. The summed E-state index contributed by atoms with van der Waals surface area (Å²) >= 11 is 0. The van der Waals surface area contributed by atoms with Crippen molar-refractivity contribution in [3.05, 3.63) is 11.8 Å². The van der Waals surface area contributed by atoms with E-state index in [1.807, 2.05) is 0 Å². The Bertz CT molecular complexity index is 506. The molecule has 4 rings (SSSR count). The Hall–Kier alpha value is -0.980. The van der Waals surface area contributed by atoms with Crippen molar-refractivity contribution >= 4 is 0 Å². The number of likely N-dealkylation sites (tertiary alicyclic amines) is 1. The third-order valence-corrected chi connectivity index (χ3v) is 5.68. The van der Waals surface area contributed by atoms with Crippen LogP contribution >= 0.6 is 0 Å². The molecule has 2 aliphatic heterocycles. The third-order valence-electron chi connectivity index (χ3n) is 5.68. The lowest BCUT2D eigenvalue weighted by molar-refractivity contribution is -0.114. The van der Waals surface area contributed by atoms with E-state index in [1.54, 1.807) is 6.92 Å². The number of nitrogens with zero attached hydrogens (tertiary/aromatic N) is 3. The first-order chi connectivity index (χ1) is 10.8. The fourth-order valence-corrected chi connectivity index (χ4v) is 4.47. The Labute approximate surface area is 131 Å². The van der Waals surface area contributed by atoms with Crippen molar-refractivity contribution < 1.29 is 13.9 Å². The molecule has 1 atom stereocenters. The lowest BCUT2D eigenvalue weighted by Crippen LogP contribution is -2.60. The van der Waals surface area contributed by atoms with Crippen LogP contribution in [-0.4, -0.2) is 53.5 Å². The van der Waals surface area contributed by atoms with Crippen LogP contribution in [0.5, 0.6) is 0 Å². The van der Waals surface area contributed by atoms with Crippen molar-refractivity contribution in [2.45, 2.75) is 57.8 Å². The minimum absolute atomic E-state index is 0.310. The molecule has 22 heavy (non-hydrogen) atoms. The van der Waals surface area contributed by atoms with Gasteiger partial charge < -0.3 is 13.9 Å². The second-order valence-corrected chi connectivity index (χ2v) is 6.98. The molecule has 1 spiro atoms. The topological polar surface area (TPSA) is 60.6 Å². The van der Waals surface area contributed by atoms with Gasteiger partial charge in [0, 0.05) is 39.3 Å². The molecule has 122 valence electrons. The maximum Gasteiger partial charge on any atom is 0.242 e. The van der Waals surface area contributed by atoms with Crippen LogP contribution in [0.3, 0.4) is 0 Å². The van der Waals surface area contributed by atoms with Gasteiger partial charge in [-0.05, 0) is 31.1 Å². The first-order valence-corrected chi connectivity index (χ1v) is 8.48. The highest BCUT2D eigenvalue weighted by Gasteiger charge is 2.49. The minimum atomic E-state index is 0.310. The molecule has 3 fully saturated rings. The van der Waals surface area contributed by atoms with Crippen molar-refractivity contribution in [1.82, 2.24) is 15.1 Å².